The van der Waals surface area contributed by atoms with Crippen molar-refractivity contribution in [2.24, 2.45) is 0 Å². The first-order chi connectivity index (χ1) is 25.6. The summed E-state index contributed by atoms with van der Waals surface area (Å²) in [6, 6.07) is 0. The summed E-state index contributed by atoms with van der Waals surface area (Å²) in [6.07, 6.45) is 54.7. The monoisotopic (exact) mass is 723 g/mol. The first-order valence-electron chi connectivity index (χ1n) is 21.1. The zero-order valence-corrected chi connectivity index (χ0v) is 33.8. The number of carbonyl (C=O) groups is 2. The van der Waals surface area contributed by atoms with Crippen molar-refractivity contribution in [3.63, 3.8) is 0 Å². The van der Waals surface area contributed by atoms with E-state index in [0.717, 1.165) is 77.0 Å². The summed E-state index contributed by atoms with van der Waals surface area (Å²) in [7, 11) is 0. The molecular formula is C47H78O5. The van der Waals surface area contributed by atoms with Crippen molar-refractivity contribution in [3.05, 3.63) is 85.1 Å². The third-order valence-electron chi connectivity index (χ3n) is 8.45. The number of esters is 2. The molecule has 296 valence electrons. The normalized spacial score (nSPS) is 13.1. The highest BCUT2D eigenvalue weighted by molar-refractivity contribution is 5.71. The van der Waals surface area contributed by atoms with Gasteiger partial charge in [-0.2, -0.15) is 0 Å². The second-order valence-electron chi connectivity index (χ2n) is 13.5. The van der Waals surface area contributed by atoms with E-state index in [1.165, 1.54) is 64.2 Å². The summed E-state index contributed by atoms with van der Waals surface area (Å²) >= 11 is 0. The molecule has 0 radical (unpaired) electrons. The van der Waals surface area contributed by atoms with Crippen LogP contribution in [0.15, 0.2) is 85.1 Å². The average molecular weight is 723 g/mol. The van der Waals surface area contributed by atoms with E-state index >= 15 is 0 Å². The molecule has 0 fully saturated rings. The van der Waals surface area contributed by atoms with Crippen LogP contribution >= 0.6 is 0 Å². The summed E-state index contributed by atoms with van der Waals surface area (Å²) in [5.41, 5.74) is 0. The summed E-state index contributed by atoms with van der Waals surface area (Å²) in [6.45, 7) is 7.50. The fourth-order valence-electron chi connectivity index (χ4n) is 5.32. The molecule has 0 aliphatic heterocycles. The molecule has 0 N–H and O–H groups in total. The molecular weight excluding hydrogens is 645 g/mol. The van der Waals surface area contributed by atoms with E-state index in [2.05, 4.69) is 93.7 Å². The maximum atomic E-state index is 12.6. The second kappa shape index (κ2) is 42.5. The number of unbranched alkanes of at least 4 members (excludes halogenated alkanes) is 13. The number of hydrogen-bond acceptors (Lipinski definition) is 5. The van der Waals surface area contributed by atoms with Gasteiger partial charge in [-0.1, -0.05) is 170 Å². The highest BCUT2D eigenvalue weighted by Gasteiger charge is 2.17. The predicted octanol–water partition coefficient (Wildman–Crippen LogP) is 13.8. The average Bonchev–Trinajstić information content (AvgIpc) is 3.14. The Hall–Kier alpha value is -2.92. The van der Waals surface area contributed by atoms with Crippen molar-refractivity contribution in [2.45, 2.75) is 181 Å². The van der Waals surface area contributed by atoms with Crippen LogP contribution in [-0.2, 0) is 23.8 Å². The molecule has 0 spiro atoms. The van der Waals surface area contributed by atoms with Gasteiger partial charge in [0, 0.05) is 13.0 Å². The van der Waals surface area contributed by atoms with Crippen LogP contribution in [-0.4, -0.2) is 37.9 Å². The third kappa shape index (κ3) is 39.9. The summed E-state index contributed by atoms with van der Waals surface area (Å²) < 4.78 is 17.0. The minimum atomic E-state index is -0.581. The number of ether oxygens (including phenoxy) is 3. The molecule has 1 atom stereocenters. The maximum absolute atomic E-state index is 12.6. The van der Waals surface area contributed by atoms with Crippen LogP contribution in [0.4, 0.5) is 0 Å². The van der Waals surface area contributed by atoms with E-state index in [1.807, 2.05) is 12.2 Å². The molecule has 1 unspecified atom stereocenters. The molecule has 0 bridgehead atoms. The van der Waals surface area contributed by atoms with Gasteiger partial charge in [0.25, 0.3) is 0 Å². The van der Waals surface area contributed by atoms with Gasteiger partial charge in [0.1, 0.15) is 6.61 Å². The molecule has 52 heavy (non-hydrogen) atoms. The quantitative estimate of drug-likeness (QED) is 0.0363. The fourth-order valence-corrected chi connectivity index (χ4v) is 5.32. The lowest BCUT2D eigenvalue weighted by Gasteiger charge is -2.18. The van der Waals surface area contributed by atoms with Gasteiger partial charge in [0.2, 0.25) is 0 Å². The largest absolute Gasteiger partial charge is 0.461 e. The molecule has 0 saturated carbocycles. The highest BCUT2D eigenvalue weighted by atomic mass is 16.6. The highest BCUT2D eigenvalue weighted by Crippen LogP contribution is 2.11. The van der Waals surface area contributed by atoms with Gasteiger partial charge in [-0.05, 0) is 77.0 Å². The zero-order chi connectivity index (χ0) is 37.8. The van der Waals surface area contributed by atoms with Gasteiger partial charge in [-0.25, -0.2) is 0 Å². The van der Waals surface area contributed by atoms with E-state index < -0.39 is 6.10 Å². The lowest BCUT2D eigenvalue weighted by molar-refractivity contribution is -0.162. The number of rotatable bonds is 37. The Labute approximate surface area is 320 Å². The summed E-state index contributed by atoms with van der Waals surface area (Å²) in [5, 5.41) is 0. The van der Waals surface area contributed by atoms with Crippen molar-refractivity contribution in [1.29, 1.82) is 0 Å². The van der Waals surface area contributed by atoms with E-state index in [-0.39, 0.29) is 31.6 Å². The van der Waals surface area contributed by atoms with Gasteiger partial charge in [-0.15, -0.1) is 0 Å². The minimum Gasteiger partial charge on any atom is -0.461 e. The van der Waals surface area contributed by atoms with Crippen LogP contribution in [0.1, 0.15) is 175 Å². The summed E-state index contributed by atoms with van der Waals surface area (Å²) in [4.78, 5) is 25.0. The molecule has 0 aromatic carbocycles. The van der Waals surface area contributed by atoms with Crippen molar-refractivity contribution in [2.75, 3.05) is 19.8 Å². The van der Waals surface area contributed by atoms with Crippen molar-refractivity contribution in [3.8, 4) is 0 Å². The molecule has 0 rings (SSSR count). The van der Waals surface area contributed by atoms with Crippen LogP contribution in [0.5, 0.6) is 0 Å². The van der Waals surface area contributed by atoms with Gasteiger partial charge in [0.05, 0.1) is 13.0 Å². The standard InChI is InChI=1S/C47H78O5/c1-4-7-10-13-16-18-20-22-24-26-28-30-32-34-37-40-46(48)51-44-45(43-50-42-39-36-15-12-9-6-3)52-47(49)41-38-35-33-31-29-27-25-23-21-19-17-14-11-8-5-2/h7,10,16-19,22-25,28,30,34,37,45H,4-6,8-9,11-15,20-21,26-27,29,31-33,35-36,38-44H2,1-3H3/b10-7-,18-16-,19-17-,24-22-,25-23-,30-28-,37-34-. The van der Waals surface area contributed by atoms with Crippen LogP contribution in [0.3, 0.4) is 0 Å². The van der Waals surface area contributed by atoms with E-state index in [1.54, 1.807) is 0 Å². The van der Waals surface area contributed by atoms with Crippen molar-refractivity contribution < 1.29 is 23.8 Å². The molecule has 0 aliphatic rings. The number of allylic oxidation sites excluding steroid dienone is 13. The maximum Gasteiger partial charge on any atom is 0.309 e. The first-order valence-corrected chi connectivity index (χ1v) is 21.1. The Morgan fingerprint density at radius 2 is 0.923 bits per heavy atom. The molecule has 0 heterocycles. The van der Waals surface area contributed by atoms with Crippen LogP contribution < -0.4 is 0 Å². The third-order valence-corrected chi connectivity index (χ3v) is 8.45. The fraction of sp³-hybridized carbons (Fsp3) is 0.660. The SMILES string of the molecule is CC/C=C\C/C=C\C/C=C\C/C=C\C/C=C\CC(=O)OCC(COCCCCCCCC)OC(=O)CCCCCCC/C=C\C/C=C\CCCCC. The summed E-state index contributed by atoms with van der Waals surface area (Å²) in [5.74, 6) is -0.570. The van der Waals surface area contributed by atoms with Gasteiger partial charge < -0.3 is 14.2 Å². The van der Waals surface area contributed by atoms with Gasteiger partial charge in [0.15, 0.2) is 6.10 Å². The van der Waals surface area contributed by atoms with Gasteiger partial charge >= 0.3 is 11.9 Å². The Kier molecular flexibility index (Phi) is 40.1. The minimum absolute atomic E-state index is 0.0218. The van der Waals surface area contributed by atoms with Crippen molar-refractivity contribution in [1.82, 2.24) is 0 Å². The topological polar surface area (TPSA) is 61.8 Å². The van der Waals surface area contributed by atoms with E-state index in [0.29, 0.717) is 13.0 Å². The molecule has 0 aromatic heterocycles. The Morgan fingerprint density at radius 1 is 0.462 bits per heavy atom. The van der Waals surface area contributed by atoms with Crippen LogP contribution in [0, 0.1) is 0 Å². The smallest absolute Gasteiger partial charge is 0.309 e. The second-order valence-corrected chi connectivity index (χ2v) is 13.5. The molecule has 5 heteroatoms. The number of hydrogen-bond donors (Lipinski definition) is 0. The molecule has 0 saturated heterocycles. The zero-order valence-electron chi connectivity index (χ0n) is 33.8. The Balaban J connectivity index is 4.33. The van der Waals surface area contributed by atoms with E-state index in [9.17, 15) is 9.59 Å². The van der Waals surface area contributed by atoms with Crippen LogP contribution in [0.25, 0.3) is 0 Å². The lowest BCUT2D eigenvalue weighted by atomic mass is 10.1. The lowest BCUT2D eigenvalue weighted by Crippen LogP contribution is -2.30. The molecule has 0 aromatic rings. The molecule has 5 nitrogen and oxygen atoms in total. The Bertz CT molecular complexity index is 999. The first kappa shape index (κ1) is 49.1. The van der Waals surface area contributed by atoms with Gasteiger partial charge in [-0.3, -0.25) is 9.59 Å². The van der Waals surface area contributed by atoms with E-state index in [4.69, 9.17) is 14.2 Å². The molecule has 0 amide bonds. The predicted molar refractivity (Wildman–Crippen MR) is 223 cm³/mol. The van der Waals surface area contributed by atoms with Crippen LogP contribution in [0.2, 0.25) is 0 Å². The van der Waals surface area contributed by atoms with Crippen molar-refractivity contribution >= 4 is 11.9 Å². The number of carbonyl (C=O) groups excluding carboxylic acids is 2. The molecule has 0 aliphatic carbocycles. The Morgan fingerprint density at radius 3 is 1.52 bits per heavy atom.